The van der Waals surface area contributed by atoms with Gasteiger partial charge in [0.2, 0.25) is 0 Å². The maximum atomic E-state index is 14.6. The van der Waals surface area contributed by atoms with E-state index >= 15 is 0 Å². The SMILES string of the molecule is Cc1ccc(-c2nc3cc(NCCCNCCCCNCCCN)c(F)cc3c(=O)[nH]2)cc1Cl. The summed E-state index contributed by atoms with van der Waals surface area (Å²) in [6.45, 7) is 7.04. The van der Waals surface area contributed by atoms with Crippen molar-refractivity contribution in [3.63, 3.8) is 0 Å². The van der Waals surface area contributed by atoms with E-state index in [9.17, 15) is 9.18 Å². The Morgan fingerprint density at radius 1 is 1.00 bits per heavy atom. The van der Waals surface area contributed by atoms with Crippen LogP contribution in [0.4, 0.5) is 10.1 Å². The highest BCUT2D eigenvalue weighted by Gasteiger charge is 2.11. The Balaban J connectivity index is 1.51. The number of rotatable bonds is 14. The summed E-state index contributed by atoms with van der Waals surface area (Å²) in [4.78, 5) is 19.8. The van der Waals surface area contributed by atoms with E-state index < -0.39 is 5.82 Å². The molecular weight excluding hydrogens is 455 g/mol. The second kappa shape index (κ2) is 13.4. The third-order valence-corrected chi connectivity index (χ3v) is 6.01. The molecule has 0 unspecified atom stereocenters. The fraction of sp³-hybridized carbons (Fsp3) is 0.440. The van der Waals surface area contributed by atoms with Gasteiger partial charge < -0.3 is 26.7 Å². The number of nitrogens with one attached hydrogen (secondary N) is 4. The van der Waals surface area contributed by atoms with Gasteiger partial charge in [0.1, 0.15) is 11.6 Å². The van der Waals surface area contributed by atoms with Crippen molar-refractivity contribution in [3.05, 3.63) is 57.1 Å². The van der Waals surface area contributed by atoms with Crippen LogP contribution in [0.15, 0.2) is 35.1 Å². The van der Waals surface area contributed by atoms with Crippen molar-refractivity contribution in [2.45, 2.75) is 32.6 Å². The van der Waals surface area contributed by atoms with Gasteiger partial charge in [0.05, 0.1) is 16.6 Å². The first-order valence-electron chi connectivity index (χ1n) is 11.8. The van der Waals surface area contributed by atoms with Gasteiger partial charge in [-0.05, 0) is 89.1 Å². The molecule has 0 aliphatic heterocycles. The van der Waals surface area contributed by atoms with E-state index in [1.165, 1.54) is 6.07 Å². The van der Waals surface area contributed by atoms with Crippen LogP contribution >= 0.6 is 11.6 Å². The number of nitrogens with two attached hydrogens (primary N) is 1. The molecule has 9 heteroatoms. The molecule has 0 bridgehead atoms. The molecule has 0 radical (unpaired) electrons. The Morgan fingerprint density at radius 3 is 2.41 bits per heavy atom. The van der Waals surface area contributed by atoms with Crippen LogP contribution in [0.2, 0.25) is 5.02 Å². The molecule has 0 saturated carbocycles. The molecule has 34 heavy (non-hydrogen) atoms. The molecule has 2 aromatic carbocycles. The maximum absolute atomic E-state index is 14.6. The summed E-state index contributed by atoms with van der Waals surface area (Å²) in [6.07, 6.45) is 4.10. The third kappa shape index (κ3) is 7.50. The number of fused-ring (bicyclic) bond motifs is 1. The summed E-state index contributed by atoms with van der Waals surface area (Å²) in [5.74, 6) is -0.0724. The zero-order valence-electron chi connectivity index (χ0n) is 19.6. The first kappa shape index (κ1) is 26.1. The molecule has 6 N–H and O–H groups in total. The first-order valence-corrected chi connectivity index (χ1v) is 12.2. The quantitative estimate of drug-likeness (QED) is 0.221. The van der Waals surface area contributed by atoms with Crippen molar-refractivity contribution in [1.29, 1.82) is 0 Å². The van der Waals surface area contributed by atoms with Gasteiger partial charge >= 0.3 is 0 Å². The van der Waals surface area contributed by atoms with Crippen LogP contribution < -0.4 is 27.2 Å². The largest absolute Gasteiger partial charge is 0.383 e. The number of nitrogens with zero attached hydrogens (tertiary/aromatic N) is 1. The second-order valence-electron chi connectivity index (χ2n) is 8.36. The monoisotopic (exact) mass is 488 g/mol. The smallest absolute Gasteiger partial charge is 0.259 e. The van der Waals surface area contributed by atoms with E-state index in [2.05, 4.69) is 25.9 Å². The highest BCUT2D eigenvalue weighted by Crippen LogP contribution is 2.25. The standard InChI is InChI=1S/C25H34ClFN6O/c1-17-6-7-18(14-20(17)26)24-32-22-16-23(21(27)15-19(22)25(34)33-24)31-13-5-12-30-10-3-2-9-29-11-4-8-28/h6-7,14-16,29-31H,2-5,8-13,28H2,1H3,(H,32,33,34). The predicted molar refractivity (Wildman–Crippen MR) is 139 cm³/mol. The summed E-state index contributed by atoms with van der Waals surface area (Å²) in [7, 11) is 0. The van der Waals surface area contributed by atoms with Gasteiger partial charge in [-0.2, -0.15) is 0 Å². The highest BCUT2D eigenvalue weighted by atomic mass is 35.5. The fourth-order valence-electron chi connectivity index (χ4n) is 3.59. The van der Waals surface area contributed by atoms with Gasteiger partial charge in [0.15, 0.2) is 0 Å². The average molecular weight is 489 g/mol. The summed E-state index contributed by atoms with van der Waals surface area (Å²) < 4.78 is 14.6. The van der Waals surface area contributed by atoms with Gasteiger partial charge in [-0.1, -0.05) is 23.7 Å². The van der Waals surface area contributed by atoms with E-state index in [-0.39, 0.29) is 10.9 Å². The number of hydrogen-bond acceptors (Lipinski definition) is 6. The van der Waals surface area contributed by atoms with E-state index in [0.717, 1.165) is 64.0 Å². The van der Waals surface area contributed by atoms with Crippen LogP contribution in [0.25, 0.3) is 22.3 Å². The Morgan fingerprint density at radius 2 is 1.71 bits per heavy atom. The molecule has 0 saturated heterocycles. The topological polar surface area (TPSA) is 108 Å². The van der Waals surface area contributed by atoms with Gasteiger partial charge in [0, 0.05) is 17.1 Å². The van der Waals surface area contributed by atoms with Crippen LogP contribution in [-0.4, -0.2) is 49.2 Å². The normalized spacial score (nSPS) is 11.3. The van der Waals surface area contributed by atoms with E-state index in [0.29, 0.717) is 34.2 Å². The van der Waals surface area contributed by atoms with Crippen LogP contribution in [0.5, 0.6) is 0 Å². The number of aryl methyl sites for hydroxylation is 1. The average Bonchev–Trinajstić information content (AvgIpc) is 2.82. The molecule has 0 aliphatic rings. The summed E-state index contributed by atoms with van der Waals surface area (Å²) in [6, 6.07) is 8.29. The molecule has 0 spiro atoms. The zero-order valence-corrected chi connectivity index (χ0v) is 20.4. The number of aromatic nitrogens is 2. The summed E-state index contributed by atoms with van der Waals surface area (Å²) in [5.41, 5.74) is 7.48. The first-order chi connectivity index (χ1) is 16.5. The lowest BCUT2D eigenvalue weighted by Crippen LogP contribution is -2.22. The zero-order chi connectivity index (χ0) is 24.3. The number of halogens is 2. The molecule has 1 heterocycles. The molecule has 0 atom stereocenters. The number of hydrogen-bond donors (Lipinski definition) is 5. The van der Waals surface area contributed by atoms with Crippen LogP contribution in [-0.2, 0) is 0 Å². The third-order valence-electron chi connectivity index (χ3n) is 5.60. The van der Waals surface area contributed by atoms with E-state index in [1.807, 2.05) is 19.1 Å². The molecule has 3 rings (SSSR count). The number of H-pyrrole nitrogens is 1. The number of anilines is 1. The lowest BCUT2D eigenvalue weighted by atomic mass is 10.1. The van der Waals surface area contributed by atoms with Gasteiger partial charge in [-0.3, -0.25) is 4.79 Å². The number of benzene rings is 2. The summed E-state index contributed by atoms with van der Waals surface area (Å²) in [5, 5.41) is 10.7. The molecule has 184 valence electrons. The number of aromatic amines is 1. The Labute approximate surface area is 204 Å². The van der Waals surface area contributed by atoms with Crippen molar-refractivity contribution in [1.82, 2.24) is 20.6 Å². The van der Waals surface area contributed by atoms with Crippen molar-refractivity contribution in [2.75, 3.05) is 44.6 Å². The fourth-order valence-corrected chi connectivity index (χ4v) is 3.77. The lowest BCUT2D eigenvalue weighted by Gasteiger charge is -2.10. The number of unbranched alkanes of at least 4 members (excludes halogenated alkanes) is 1. The van der Waals surface area contributed by atoms with Gasteiger partial charge in [-0.15, -0.1) is 0 Å². The summed E-state index contributed by atoms with van der Waals surface area (Å²) >= 11 is 6.22. The molecule has 7 nitrogen and oxygen atoms in total. The van der Waals surface area contributed by atoms with Crippen molar-refractivity contribution >= 4 is 28.2 Å². The second-order valence-corrected chi connectivity index (χ2v) is 8.76. The van der Waals surface area contributed by atoms with Crippen molar-refractivity contribution in [3.8, 4) is 11.4 Å². The van der Waals surface area contributed by atoms with Crippen molar-refractivity contribution in [2.24, 2.45) is 5.73 Å². The van der Waals surface area contributed by atoms with E-state index in [4.69, 9.17) is 17.3 Å². The Bertz CT molecular complexity index is 1140. The Kier molecular flexibility index (Phi) is 10.3. The van der Waals surface area contributed by atoms with Crippen LogP contribution in [0.1, 0.15) is 31.2 Å². The molecule has 0 fully saturated rings. The molecular formula is C25H34ClFN6O. The molecule has 0 aliphatic carbocycles. The maximum Gasteiger partial charge on any atom is 0.259 e. The van der Waals surface area contributed by atoms with Gasteiger partial charge in [0.25, 0.3) is 5.56 Å². The lowest BCUT2D eigenvalue weighted by molar-refractivity contribution is 0.571. The van der Waals surface area contributed by atoms with Gasteiger partial charge in [-0.25, -0.2) is 9.37 Å². The predicted octanol–water partition coefficient (Wildman–Crippen LogP) is 3.80. The molecule has 1 aromatic heterocycles. The minimum absolute atomic E-state index is 0.212. The van der Waals surface area contributed by atoms with Crippen molar-refractivity contribution < 1.29 is 4.39 Å². The van der Waals surface area contributed by atoms with E-state index in [1.54, 1.807) is 12.1 Å². The minimum atomic E-state index is -0.471. The Hall–Kier alpha value is -2.52. The van der Waals surface area contributed by atoms with Crippen LogP contribution in [0.3, 0.4) is 0 Å². The molecule has 3 aromatic rings. The minimum Gasteiger partial charge on any atom is -0.383 e. The van der Waals surface area contributed by atoms with Crippen LogP contribution in [0, 0.1) is 12.7 Å². The molecule has 0 amide bonds. The highest BCUT2D eigenvalue weighted by molar-refractivity contribution is 6.31.